The van der Waals surface area contributed by atoms with Gasteiger partial charge in [-0.2, -0.15) is 13.2 Å². The molecule has 0 amide bonds. The Bertz CT molecular complexity index is 2430. The smallest absolute Gasteiger partial charge is 0.416 e. The number of piperidine rings is 1. The number of rotatable bonds is 7. The number of likely N-dealkylation sites (N-methyl/N-ethyl adjacent to an activating group) is 1. The van der Waals surface area contributed by atoms with Crippen LogP contribution in [-0.2, 0) is 52.1 Å². The molecule has 3 fully saturated rings. The summed E-state index contributed by atoms with van der Waals surface area (Å²) in [5.41, 5.74) is -5.04. The van der Waals surface area contributed by atoms with Crippen LogP contribution < -0.4 is 9.64 Å². The van der Waals surface area contributed by atoms with Crippen LogP contribution in [0, 0.1) is 17.3 Å². The minimum absolute atomic E-state index is 0.00232. The summed E-state index contributed by atoms with van der Waals surface area (Å²) in [6, 6.07) is 5.32. The molecule has 0 radical (unpaired) electrons. The number of halogens is 5. The Hall–Kier alpha value is -4.74. The fourth-order valence-electron chi connectivity index (χ4n) is 13.5. The number of H-pyrrole nitrogens is 1. The van der Waals surface area contributed by atoms with E-state index in [0.717, 1.165) is 19.1 Å². The van der Waals surface area contributed by atoms with Crippen LogP contribution >= 0.6 is 0 Å². The van der Waals surface area contributed by atoms with Gasteiger partial charge in [0.05, 0.1) is 32.9 Å². The number of hydrogen-bond donors (Lipinski definition) is 2. The SMILES string of the molecule is CC[C@]12C=CCN3CC[C@@]4(c5cc([C@@]6(C(=O)OC)C[C@H]7CC(C(C)(F)F)CN(Cc8c6[nH]c6ccc(C(F)(F)F)cc86)C7)c(OC)cc5N(C)[C@H]4[C@@](O)(C(=O)OC)[C@@H]1OC(C)=O)[C@@H]32. The molecule has 17 heteroatoms. The molecule has 2 N–H and O–H groups in total. The van der Waals surface area contributed by atoms with Crippen LogP contribution in [0.3, 0.4) is 0 Å². The van der Waals surface area contributed by atoms with E-state index in [1.54, 1.807) is 18.0 Å². The number of esters is 3. The molecule has 12 nitrogen and oxygen atoms in total. The van der Waals surface area contributed by atoms with E-state index in [0.29, 0.717) is 48.3 Å². The predicted molar refractivity (Wildman–Crippen MR) is 219 cm³/mol. The molecule has 2 saturated heterocycles. The third-order valence-electron chi connectivity index (χ3n) is 15.7. The van der Waals surface area contributed by atoms with Gasteiger partial charge in [-0.1, -0.05) is 19.1 Å². The van der Waals surface area contributed by atoms with Crippen LogP contribution in [0.1, 0.15) is 74.4 Å². The third kappa shape index (κ3) is 5.82. The fraction of sp³-hybridized carbons (Fsp3) is 0.587. The molecule has 2 aromatic carbocycles. The van der Waals surface area contributed by atoms with E-state index in [9.17, 15) is 27.9 Å². The second-order valence-electron chi connectivity index (χ2n) is 18.7. The molecular formula is C46H53F5N4O8. The highest BCUT2D eigenvalue weighted by atomic mass is 19.4. The average molecular weight is 885 g/mol. The second kappa shape index (κ2) is 14.4. The quantitative estimate of drug-likeness (QED) is 0.124. The van der Waals surface area contributed by atoms with Crippen molar-refractivity contribution in [2.75, 3.05) is 59.5 Å². The van der Waals surface area contributed by atoms with Gasteiger partial charge in [0.25, 0.3) is 0 Å². The van der Waals surface area contributed by atoms with Gasteiger partial charge in [-0.05, 0) is 80.5 Å². The second-order valence-corrected chi connectivity index (χ2v) is 18.7. The van der Waals surface area contributed by atoms with E-state index < -0.39 is 87.4 Å². The first-order valence-electron chi connectivity index (χ1n) is 21.4. The highest BCUT2D eigenvalue weighted by Crippen LogP contribution is 2.68. The number of aromatic nitrogens is 1. The van der Waals surface area contributed by atoms with Crippen LogP contribution in [-0.4, -0.2) is 122 Å². The van der Waals surface area contributed by atoms with Crippen molar-refractivity contribution in [2.45, 2.75) is 99.7 Å². The van der Waals surface area contributed by atoms with Crippen LogP contribution in [0.4, 0.5) is 27.6 Å². The Balaban J connectivity index is 1.37. The number of hydrogen-bond acceptors (Lipinski definition) is 11. The van der Waals surface area contributed by atoms with E-state index in [2.05, 4.69) is 9.88 Å². The van der Waals surface area contributed by atoms with Crippen molar-refractivity contribution in [1.29, 1.82) is 0 Å². The van der Waals surface area contributed by atoms with E-state index in [4.69, 9.17) is 18.9 Å². The normalized spacial score (nSPS) is 34.6. The van der Waals surface area contributed by atoms with Crippen LogP contribution in [0.25, 0.3) is 10.9 Å². The molecule has 3 aromatic rings. The van der Waals surface area contributed by atoms with Gasteiger partial charge < -0.3 is 33.9 Å². The number of ether oxygens (including phenoxy) is 4. The molecule has 1 aliphatic carbocycles. The first-order valence-corrected chi connectivity index (χ1v) is 21.4. The number of alkyl halides is 5. The van der Waals surface area contributed by atoms with Gasteiger partial charge in [-0.15, -0.1) is 0 Å². The van der Waals surface area contributed by atoms with Gasteiger partial charge in [0.1, 0.15) is 11.2 Å². The average Bonchev–Trinajstić information content (AvgIpc) is 3.88. The Labute approximate surface area is 361 Å². The molecule has 9 rings (SSSR count). The Morgan fingerprint density at radius 2 is 1.71 bits per heavy atom. The number of benzene rings is 2. The number of anilines is 1. The number of aliphatic hydroxyl groups is 1. The van der Waals surface area contributed by atoms with Gasteiger partial charge >= 0.3 is 24.1 Å². The standard InChI is InChI=1S/C46H53F5N4O8/c1-8-42-12-9-14-55-15-13-43(36(42)55)30-18-31(34(60-5)19-33(30)53(4)37(43)45(59,40(58)62-7)38(42)63-24(2)56)44(39(57)61-6)20-25-16-27(41(3,47)48)22-54(21-25)23-29-28-17-26(46(49,50)51)10-11-32(28)52-35(29)44/h9-12,17-19,25,27,36-38,52,59H,8,13-16,20-23H2,1-7H3/t25-,27?,36+,37-,38-,42-,43-,44+,45+/m1/s1. The maximum Gasteiger partial charge on any atom is 0.416 e. The molecule has 6 aliphatic rings. The Morgan fingerprint density at radius 3 is 2.35 bits per heavy atom. The van der Waals surface area contributed by atoms with Gasteiger partial charge in [-0.25, -0.2) is 13.6 Å². The van der Waals surface area contributed by atoms with Crippen molar-refractivity contribution in [1.82, 2.24) is 14.8 Å². The molecule has 1 spiro atoms. The van der Waals surface area contributed by atoms with Crippen LogP contribution in [0.15, 0.2) is 42.5 Å². The number of fused-ring (bicyclic) bond motifs is 6. The molecular weight excluding hydrogens is 832 g/mol. The summed E-state index contributed by atoms with van der Waals surface area (Å²) < 4.78 is 97.2. The molecule has 63 heavy (non-hydrogen) atoms. The summed E-state index contributed by atoms with van der Waals surface area (Å²) in [6.07, 6.45) is -1.47. The van der Waals surface area contributed by atoms with Crippen molar-refractivity contribution in [3.05, 3.63) is 70.4 Å². The number of methoxy groups -OCH3 is 3. The number of aromatic amines is 1. The van der Waals surface area contributed by atoms with Crippen molar-refractivity contribution < 1.29 is 60.4 Å². The minimum atomic E-state index is -4.70. The predicted octanol–water partition coefficient (Wildman–Crippen LogP) is 6.10. The number of carbonyl (C=O) groups is 3. The fourth-order valence-corrected chi connectivity index (χ4v) is 13.5. The lowest BCUT2D eigenvalue weighted by Gasteiger charge is -2.63. The first-order chi connectivity index (χ1) is 29.7. The Morgan fingerprint density at radius 1 is 0.984 bits per heavy atom. The highest BCUT2D eigenvalue weighted by molar-refractivity contribution is 5.95. The number of carbonyl (C=O) groups excluding carboxylic acids is 3. The molecule has 2 unspecified atom stereocenters. The van der Waals surface area contributed by atoms with E-state index in [1.807, 2.05) is 30.0 Å². The zero-order chi connectivity index (χ0) is 45.4. The van der Waals surface area contributed by atoms with Crippen molar-refractivity contribution in [3.8, 4) is 5.75 Å². The van der Waals surface area contributed by atoms with Gasteiger partial charge in [0, 0.05) is 96.9 Å². The summed E-state index contributed by atoms with van der Waals surface area (Å²) in [5, 5.41) is 13.5. The van der Waals surface area contributed by atoms with Crippen LogP contribution in [0.2, 0.25) is 0 Å². The molecule has 5 aliphatic heterocycles. The molecule has 1 saturated carbocycles. The van der Waals surface area contributed by atoms with Gasteiger partial charge in [-0.3, -0.25) is 19.4 Å². The maximum atomic E-state index is 15.4. The number of nitrogens with one attached hydrogen (secondary N) is 1. The van der Waals surface area contributed by atoms with Crippen LogP contribution in [0.5, 0.6) is 5.75 Å². The van der Waals surface area contributed by atoms with E-state index in [1.165, 1.54) is 34.3 Å². The maximum absolute atomic E-state index is 15.4. The van der Waals surface area contributed by atoms with E-state index >= 15 is 13.6 Å². The molecule has 2 bridgehead atoms. The van der Waals surface area contributed by atoms with Gasteiger partial charge in [0.2, 0.25) is 11.5 Å². The monoisotopic (exact) mass is 884 g/mol. The third-order valence-corrected chi connectivity index (χ3v) is 15.7. The minimum Gasteiger partial charge on any atom is -0.496 e. The number of nitrogens with zero attached hydrogens (tertiary/aromatic N) is 3. The summed E-state index contributed by atoms with van der Waals surface area (Å²) in [6.45, 7) is 5.30. The molecule has 6 heterocycles. The lowest BCUT2D eigenvalue weighted by atomic mass is 9.47. The molecule has 340 valence electrons. The summed E-state index contributed by atoms with van der Waals surface area (Å²) in [7, 11) is 5.54. The molecule has 1 aromatic heterocycles. The van der Waals surface area contributed by atoms with E-state index in [-0.39, 0.29) is 54.9 Å². The summed E-state index contributed by atoms with van der Waals surface area (Å²) in [5.74, 6) is -7.02. The summed E-state index contributed by atoms with van der Waals surface area (Å²) >= 11 is 0. The molecule has 10 atom stereocenters. The highest BCUT2D eigenvalue weighted by Gasteiger charge is 2.80. The summed E-state index contributed by atoms with van der Waals surface area (Å²) in [4.78, 5) is 51.8. The lowest BCUT2D eigenvalue weighted by molar-refractivity contribution is -0.228. The first kappa shape index (κ1) is 43.5. The Kier molecular flexibility index (Phi) is 9.93. The zero-order valence-electron chi connectivity index (χ0n) is 36.3. The van der Waals surface area contributed by atoms with Gasteiger partial charge in [0.15, 0.2) is 6.10 Å². The van der Waals surface area contributed by atoms with Crippen molar-refractivity contribution >= 4 is 34.5 Å². The topological polar surface area (TPSA) is 134 Å². The lowest BCUT2D eigenvalue weighted by Crippen LogP contribution is -2.81. The van der Waals surface area contributed by atoms with Crippen molar-refractivity contribution in [2.24, 2.45) is 17.3 Å². The van der Waals surface area contributed by atoms with Crippen molar-refractivity contribution in [3.63, 3.8) is 0 Å². The zero-order valence-corrected chi connectivity index (χ0v) is 36.3. The largest absolute Gasteiger partial charge is 0.496 e.